The zero-order valence-corrected chi connectivity index (χ0v) is 2.69. The summed E-state index contributed by atoms with van der Waals surface area (Å²) in [6.07, 6.45) is 0.750. The van der Waals surface area contributed by atoms with Crippen molar-refractivity contribution in [1.29, 1.82) is 0 Å². The zero-order valence-electron chi connectivity index (χ0n) is 4.69. The summed E-state index contributed by atoms with van der Waals surface area (Å²) < 4.78 is 0. The fraction of sp³-hybridized carbons (Fsp3) is 0.500. The predicted octanol–water partition coefficient (Wildman–Crippen LogP) is 0.0494. The first-order chi connectivity index (χ1) is 1.41. The quantitative estimate of drug-likeness (QED) is 0.282. The number of carbonyl (C=O) groups is 1. The molecule has 22 valence electrons. The Labute approximate surface area is 32.2 Å². The minimum absolute atomic E-state index is 0. The monoisotopic (exact) mass is 55.1 g/mol. The van der Waals surface area contributed by atoms with Crippen LogP contribution in [0.4, 0.5) is 0 Å². The van der Waals surface area contributed by atoms with Gasteiger partial charge in [0.1, 0.15) is 6.29 Å². The molecule has 0 aromatic carbocycles. The number of rotatable bonds is 0. The Hall–Kier alpha value is -0.161. The standard InChI is InChI=1S/C2H4O.Be.2H/c1-2-3;;;/h2H,1H3;;;/q;+2;2*-1. The first-order valence-electron chi connectivity index (χ1n) is 0.813. The number of carbonyl (C=O) groups excluding carboxylic acids is 1. The van der Waals surface area contributed by atoms with Crippen molar-refractivity contribution < 1.29 is 7.65 Å². The van der Waals surface area contributed by atoms with Crippen LogP contribution in [0.5, 0.6) is 0 Å². The Morgan fingerprint density at radius 1 is 2.00 bits per heavy atom. The third-order valence-electron chi connectivity index (χ3n) is 0. The summed E-state index contributed by atoms with van der Waals surface area (Å²) in [5.41, 5.74) is 0. The van der Waals surface area contributed by atoms with E-state index < -0.39 is 0 Å². The van der Waals surface area contributed by atoms with Crippen LogP contribution in [-0.4, -0.2) is 16.4 Å². The SMILES string of the molecule is CC=O.[Be+2].[H-].[H-]. The van der Waals surface area contributed by atoms with Gasteiger partial charge in [0, 0.05) is 0 Å². The molecule has 0 heterocycles. The Bertz CT molecular complexity index is 19.0. The third kappa shape index (κ3) is 49.8. The van der Waals surface area contributed by atoms with Crippen molar-refractivity contribution >= 4 is 16.4 Å². The van der Waals surface area contributed by atoms with E-state index in [-0.39, 0.29) is 13.0 Å². The van der Waals surface area contributed by atoms with E-state index in [1.807, 2.05) is 0 Å². The molecule has 0 aliphatic carbocycles. The van der Waals surface area contributed by atoms with Crippen LogP contribution in [0.3, 0.4) is 0 Å². The summed E-state index contributed by atoms with van der Waals surface area (Å²) in [6.45, 7) is 1.44. The van der Waals surface area contributed by atoms with E-state index in [1.54, 1.807) is 0 Å². The van der Waals surface area contributed by atoms with Crippen molar-refractivity contribution in [1.82, 2.24) is 0 Å². The first kappa shape index (κ1) is 9.15. The number of aldehydes is 1. The van der Waals surface area contributed by atoms with Gasteiger partial charge in [0.15, 0.2) is 0 Å². The zero-order chi connectivity index (χ0) is 2.71. The Morgan fingerprint density at radius 2 is 2.00 bits per heavy atom. The second-order valence-electron chi connectivity index (χ2n) is 0.236. The summed E-state index contributed by atoms with van der Waals surface area (Å²) in [5.74, 6) is 0. The van der Waals surface area contributed by atoms with Gasteiger partial charge in [-0.15, -0.1) is 0 Å². The molecule has 0 aromatic heterocycles. The Morgan fingerprint density at radius 3 is 2.00 bits per heavy atom. The average molecular weight is 55.1 g/mol. The molecule has 0 aromatic rings. The summed E-state index contributed by atoms with van der Waals surface area (Å²) in [4.78, 5) is 8.81. The van der Waals surface area contributed by atoms with Crippen molar-refractivity contribution in [3.63, 3.8) is 0 Å². The molecule has 0 rings (SSSR count). The van der Waals surface area contributed by atoms with Crippen LogP contribution < -0.4 is 0 Å². The normalized spacial score (nSPS) is 3.25. The fourth-order valence-electron chi connectivity index (χ4n) is 0. The van der Waals surface area contributed by atoms with Crippen LogP contribution >= 0.6 is 0 Å². The molecule has 0 N–H and O–H groups in total. The summed E-state index contributed by atoms with van der Waals surface area (Å²) in [7, 11) is 0. The Balaban J connectivity index is -0.00000000667. The van der Waals surface area contributed by atoms with Crippen molar-refractivity contribution in [2.75, 3.05) is 0 Å². The number of hydrogen-bond donors (Lipinski definition) is 0. The van der Waals surface area contributed by atoms with E-state index in [0.29, 0.717) is 0 Å². The maximum Gasteiger partial charge on any atom is 2.00 e. The smallest absolute Gasteiger partial charge is 1.00 e. The second kappa shape index (κ2) is 13.6. The molecule has 0 atom stereocenters. The predicted molar refractivity (Wildman–Crippen MR) is 19.7 cm³/mol. The topological polar surface area (TPSA) is 17.1 Å². The molecule has 0 aliphatic heterocycles. The minimum atomic E-state index is 0. The molecule has 1 nitrogen and oxygen atoms in total. The maximum absolute atomic E-state index is 8.81. The van der Waals surface area contributed by atoms with Gasteiger partial charge in [-0.1, -0.05) is 0 Å². The van der Waals surface area contributed by atoms with E-state index in [0.717, 1.165) is 6.29 Å². The second-order valence-corrected chi connectivity index (χ2v) is 0.236. The van der Waals surface area contributed by atoms with Crippen LogP contribution in [-0.2, 0) is 4.79 Å². The largest absolute Gasteiger partial charge is 2.00 e. The third-order valence-corrected chi connectivity index (χ3v) is 0. The molecule has 0 aliphatic rings. The van der Waals surface area contributed by atoms with Crippen LogP contribution in [0.1, 0.15) is 9.78 Å². The van der Waals surface area contributed by atoms with Gasteiger partial charge < -0.3 is 7.65 Å². The van der Waals surface area contributed by atoms with E-state index in [2.05, 4.69) is 0 Å². The van der Waals surface area contributed by atoms with Crippen molar-refractivity contribution in [2.45, 2.75) is 6.92 Å². The molecular formula is C2H6BeO. The molecule has 0 amide bonds. The van der Waals surface area contributed by atoms with Crippen LogP contribution in [0, 0.1) is 0 Å². The van der Waals surface area contributed by atoms with E-state index in [9.17, 15) is 0 Å². The fourth-order valence-corrected chi connectivity index (χ4v) is 0. The van der Waals surface area contributed by atoms with Gasteiger partial charge in [-0.25, -0.2) is 0 Å². The van der Waals surface area contributed by atoms with Gasteiger partial charge in [0.05, 0.1) is 0 Å². The van der Waals surface area contributed by atoms with Gasteiger partial charge in [-0.2, -0.15) is 0 Å². The molecule has 0 spiro atoms. The van der Waals surface area contributed by atoms with Gasteiger partial charge in [-0.3, -0.25) is 0 Å². The van der Waals surface area contributed by atoms with Gasteiger partial charge >= 0.3 is 10.1 Å². The summed E-state index contributed by atoms with van der Waals surface area (Å²) >= 11 is 0. The Kier molecular flexibility index (Phi) is 31.2. The number of hydrogen-bond acceptors (Lipinski definition) is 1. The summed E-state index contributed by atoms with van der Waals surface area (Å²) in [6, 6.07) is 0. The van der Waals surface area contributed by atoms with Crippen LogP contribution in [0.2, 0.25) is 0 Å². The molecule has 0 bridgehead atoms. The van der Waals surface area contributed by atoms with E-state index in [1.165, 1.54) is 6.92 Å². The molecule has 0 saturated carbocycles. The van der Waals surface area contributed by atoms with Crippen molar-refractivity contribution in [3.05, 3.63) is 0 Å². The van der Waals surface area contributed by atoms with Gasteiger partial charge in [-0.05, 0) is 6.92 Å². The molecule has 4 heavy (non-hydrogen) atoms. The van der Waals surface area contributed by atoms with Crippen LogP contribution in [0.15, 0.2) is 0 Å². The molecule has 0 fully saturated rings. The van der Waals surface area contributed by atoms with E-state index in [4.69, 9.17) is 4.79 Å². The molecular weight excluding hydrogens is 49.0 g/mol. The summed E-state index contributed by atoms with van der Waals surface area (Å²) in [5, 5.41) is 0. The van der Waals surface area contributed by atoms with Crippen LogP contribution in [0.25, 0.3) is 0 Å². The van der Waals surface area contributed by atoms with Gasteiger partial charge in [0.25, 0.3) is 0 Å². The first-order valence-corrected chi connectivity index (χ1v) is 0.813. The maximum atomic E-state index is 8.81. The van der Waals surface area contributed by atoms with Crippen molar-refractivity contribution in [2.24, 2.45) is 0 Å². The van der Waals surface area contributed by atoms with E-state index >= 15 is 0 Å². The molecule has 0 unspecified atom stereocenters. The minimum Gasteiger partial charge on any atom is -1.00 e. The molecule has 0 saturated heterocycles. The van der Waals surface area contributed by atoms with Gasteiger partial charge in [0.2, 0.25) is 0 Å². The molecule has 0 radical (unpaired) electrons. The van der Waals surface area contributed by atoms with Crippen molar-refractivity contribution in [3.8, 4) is 0 Å². The molecule has 2 heteroatoms. The average Bonchev–Trinajstić information content (AvgIpc) is 0.918.